The lowest BCUT2D eigenvalue weighted by atomic mass is 9.80. The molecule has 0 bridgehead atoms. The zero-order chi connectivity index (χ0) is 12.1. The number of rotatable bonds is 5. The molecule has 0 aromatic heterocycles. The van der Waals surface area contributed by atoms with Gasteiger partial charge >= 0.3 is 7.12 Å². The van der Waals surface area contributed by atoms with Crippen LogP contribution in [0, 0.1) is 0 Å². The fraction of sp³-hybridized carbons (Fsp3) is 0.455. The molecule has 0 saturated heterocycles. The summed E-state index contributed by atoms with van der Waals surface area (Å²) in [5.74, 6) is 1.14. The highest BCUT2D eigenvalue weighted by Gasteiger charge is 2.15. The molecule has 4 nitrogen and oxygen atoms in total. The molecule has 1 aromatic carbocycles. The van der Waals surface area contributed by atoms with Crippen LogP contribution in [0.1, 0.15) is 20.8 Å². The lowest BCUT2D eigenvalue weighted by Crippen LogP contribution is -2.29. The fourth-order valence-electron chi connectivity index (χ4n) is 1.30. The number of hydrogen-bond donors (Lipinski definition) is 2. The molecule has 1 rings (SSSR count). The predicted octanol–water partition coefficient (Wildman–Crippen LogP) is 0.552. The summed E-state index contributed by atoms with van der Waals surface area (Å²) >= 11 is 0. The Morgan fingerprint density at radius 1 is 1.25 bits per heavy atom. The van der Waals surface area contributed by atoms with Gasteiger partial charge in [-0.15, -0.1) is 0 Å². The highest BCUT2D eigenvalue weighted by Crippen LogP contribution is 2.26. The number of ether oxygens (including phenoxy) is 2. The van der Waals surface area contributed by atoms with E-state index in [1.54, 1.807) is 18.2 Å². The van der Waals surface area contributed by atoms with Gasteiger partial charge in [-0.25, -0.2) is 0 Å². The molecule has 16 heavy (non-hydrogen) atoms. The smallest absolute Gasteiger partial charge is 0.488 e. The van der Waals surface area contributed by atoms with Crippen LogP contribution in [0.4, 0.5) is 0 Å². The molecule has 0 fully saturated rings. The average Bonchev–Trinajstić information content (AvgIpc) is 2.20. The Hall–Kier alpha value is -1.20. The van der Waals surface area contributed by atoms with Gasteiger partial charge in [-0.1, -0.05) is 6.07 Å². The van der Waals surface area contributed by atoms with E-state index in [1.807, 2.05) is 20.8 Å². The van der Waals surface area contributed by atoms with Gasteiger partial charge in [-0.05, 0) is 38.4 Å². The first-order valence-corrected chi connectivity index (χ1v) is 5.34. The Morgan fingerprint density at radius 3 is 2.44 bits per heavy atom. The summed E-state index contributed by atoms with van der Waals surface area (Å²) in [6.45, 7) is 6.20. The third kappa shape index (κ3) is 3.43. The molecule has 88 valence electrons. The molecule has 0 spiro atoms. The molecule has 0 amide bonds. The first kappa shape index (κ1) is 12.9. The minimum Gasteiger partial charge on any atom is -0.490 e. The SMILES string of the molecule is CCOc1cc(B(O)O)ccc1OC(C)C. The van der Waals surface area contributed by atoms with E-state index in [-0.39, 0.29) is 6.10 Å². The molecule has 0 atom stereocenters. The number of benzene rings is 1. The van der Waals surface area contributed by atoms with Gasteiger partial charge < -0.3 is 19.5 Å². The molecule has 0 heterocycles. The van der Waals surface area contributed by atoms with Crippen LogP contribution in [0.5, 0.6) is 11.5 Å². The molecule has 0 saturated carbocycles. The summed E-state index contributed by atoms with van der Waals surface area (Å²) in [6.07, 6.45) is 0.0455. The van der Waals surface area contributed by atoms with Crippen molar-refractivity contribution in [1.29, 1.82) is 0 Å². The molecule has 1 aromatic rings. The Kier molecular flexibility index (Phi) is 4.64. The van der Waals surface area contributed by atoms with Crippen molar-refractivity contribution < 1.29 is 19.5 Å². The van der Waals surface area contributed by atoms with E-state index in [4.69, 9.17) is 19.5 Å². The van der Waals surface area contributed by atoms with E-state index < -0.39 is 7.12 Å². The third-order valence-electron chi connectivity index (χ3n) is 1.93. The predicted molar refractivity (Wildman–Crippen MR) is 63.2 cm³/mol. The van der Waals surface area contributed by atoms with E-state index in [1.165, 1.54) is 0 Å². The average molecular weight is 224 g/mol. The van der Waals surface area contributed by atoms with Gasteiger partial charge in [0.05, 0.1) is 12.7 Å². The second kappa shape index (κ2) is 5.77. The van der Waals surface area contributed by atoms with Gasteiger partial charge in [0.1, 0.15) is 0 Å². The zero-order valence-corrected chi connectivity index (χ0v) is 9.80. The standard InChI is InChI=1S/C11H17BO4/c1-4-15-11-7-9(12(13)14)5-6-10(11)16-8(2)3/h5-8,13-14H,4H2,1-3H3. The molecule has 2 N–H and O–H groups in total. The summed E-state index contributed by atoms with van der Waals surface area (Å²) in [5, 5.41) is 18.1. The summed E-state index contributed by atoms with van der Waals surface area (Å²) in [4.78, 5) is 0. The Balaban J connectivity index is 2.99. The van der Waals surface area contributed by atoms with Gasteiger partial charge in [0.2, 0.25) is 0 Å². The van der Waals surface area contributed by atoms with Crippen molar-refractivity contribution in [3.05, 3.63) is 18.2 Å². The fourth-order valence-corrected chi connectivity index (χ4v) is 1.30. The molecule has 5 heteroatoms. The number of hydrogen-bond acceptors (Lipinski definition) is 4. The second-order valence-electron chi connectivity index (χ2n) is 3.68. The van der Waals surface area contributed by atoms with Gasteiger partial charge in [0.25, 0.3) is 0 Å². The van der Waals surface area contributed by atoms with Gasteiger partial charge in [0.15, 0.2) is 11.5 Å². The second-order valence-corrected chi connectivity index (χ2v) is 3.68. The summed E-state index contributed by atoms with van der Waals surface area (Å²) in [5.41, 5.74) is 0.388. The lowest BCUT2D eigenvalue weighted by Gasteiger charge is -2.15. The van der Waals surface area contributed by atoms with Crippen LogP contribution >= 0.6 is 0 Å². The largest absolute Gasteiger partial charge is 0.490 e. The first-order valence-electron chi connectivity index (χ1n) is 5.34. The third-order valence-corrected chi connectivity index (χ3v) is 1.93. The molecule has 0 aliphatic carbocycles. The van der Waals surface area contributed by atoms with Crippen molar-refractivity contribution in [1.82, 2.24) is 0 Å². The van der Waals surface area contributed by atoms with Crippen LogP contribution in [-0.2, 0) is 0 Å². The van der Waals surface area contributed by atoms with E-state index in [0.29, 0.717) is 23.6 Å². The normalized spacial score (nSPS) is 10.4. The monoisotopic (exact) mass is 224 g/mol. The maximum atomic E-state index is 9.05. The van der Waals surface area contributed by atoms with Crippen molar-refractivity contribution in [2.75, 3.05) is 6.61 Å². The van der Waals surface area contributed by atoms with E-state index in [9.17, 15) is 0 Å². The van der Waals surface area contributed by atoms with Crippen molar-refractivity contribution in [2.45, 2.75) is 26.9 Å². The van der Waals surface area contributed by atoms with Crippen molar-refractivity contribution >= 4 is 12.6 Å². The lowest BCUT2D eigenvalue weighted by molar-refractivity contribution is 0.224. The van der Waals surface area contributed by atoms with Crippen LogP contribution < -0.4 is 14.9 Å². The molecule has 0 unspecified atom stereocenters. The molecule has 0 aliphatic rings. The highest BCUT2D eigenvalue weighted by atomic mass is 16.5. The van der Waals surface area contributed by atoms with Gasteiger partial charge in [-0.2, -0.15) is 0 Å². The Bertz CT molecular complexity index is 339. The summed E-state index contributed by atoms with van der Waals surface area (Å²) in [7, 11) is -1.49. The van der Waals surface area contributed by atoms with Crippen LogP contribution in [0.3, 0.4) is 0 Å². The molecule has 0 radical (unpaired) electrons. The van der Waals surface area contributed by atoms with Crippen molar-refractivity contribution in [3.8, 4) is 11.5 Å². The Labute approximate surface area is 96.0 Å². The first-order chi connectivity index (χ1) is 7.54. The van der Waals surface area contributed by atoms with Gasteiger partial charge in [-0.3, -0.25) is 0 Å². The van der Waals surface area contributed by atoms with Crippen LogP contribution in [0.25, 0.3) is 0 Å². The molecular weight excluding hydrogens is 207 g/mol. The maximum absolute atomic E-state index is 9.05. The highest BCUT2D eigenvalue weighted by molar-refractivity contribution is 6.58. The van der Waals surface area contributed by atoms with E-state index in [2.05, 4.69) is 0 Å². The van der Waals surface area contributed by atoms with E-state index >= 15 is 0 Å². The van der Waals surface area contributed by atoms with Crippen molar-refractivity contribution in [2.24, 2.45) is 0 Å². The maximum Gasteiger partial charge on any atom is 0.488 e. The zero-order valence-electron chi connectivity index (χ0n) is 9.80. The Morgan fingerprint density at radius 2 is 1.94 bits per heavy atom. The minimum absolute atomic E-state index is 0.0455. The topological polar surface area (TPSA) is 58.9 Å². The molecular formula is C11H17BO4. The minimum atomic E-state index is -1.49. The molecule has 0 aliphatic heterocycles. The summed E-state index contributed by atoms with van der Waals surface area (Å²) in [6, 6.07) is 4.86. The van der Waals surface area contributed by atoms with E-state index in [0.717, 1.165) is 0 Å². The quantitative estimate of drug-likeness (QED) is 0.717. The van der Waals surface area contributed by atoms with Crippen LogP contribution in [0.2, 0.25) is 0 Å². The summed E-state index contributed by atoms with van der Waals surface area (Å²) < 4.78 is 10.9. The van der Waals surface area contributed by atoms with Crippen LogP contribution in [-0.4, -0.2) is 29.9 Å². The van der Waals surface area contributed by atoms with Gasteiger partial charge in [0, 0.05) is 0 Å². The van der Waals surface area contributed by atoms with Crippen LogP contribution in [0.15, 0.2) is 18.2 Å². The van der Waals surface area contributed by atoms with Crippen molar-refractivity contribution in [3.63, 3.8) is 0 Å².